The van der Waals surface area contributed by atoms with Crippen molar-refractivity contribution >= 4 is 17.5 Å². The molecule has 0 saturated heterocycles. The third-order valence-electron chi connectivity index (χ3n) is 2.24. The summed E-state index contributed by atoms with van der Waals surface area (Å²) in [6, 6.07) is 5.03. The quantitative estimate of drug-likeness (QED) is 0.510. The van der Waals surface area contributed by atoms with Gasteiger partial charge in [-0.25, -0.2) is 0 Å². The first-order valence-electron chi connectivity index (χ1n) is 5.03. The van der Waals surface area contributed by atoms with Gasteiger partial charge in [-0.3, -0.25) is 9.59 Å². The van der Waals surface area contributed by atoms with Gasteiger partial charge in [0.05, 0.1) is 12.1 Å². The van der Waals surface area contributed by atoms with Crippen LogP contribution in [-0.2, 0) is 4.79 Å². The van der Waals surface area contributed by atoms with Crippen LogP contribution in [0.5, 0.6) is 0 Å². The van der Waals surface area contributed by atoms with E-state index in [9.17, 15) is 9.59 Å². The predicted octanol–water partition coefficient (Wildman–Crippen LogP) is -0.847. The van der Waals surface area contributed by atoms with Gasteiger partial charge in [0.2, 0.25) is 5.91 Å². The summed E-state index contributed by atoms with van der Waals surface area (Å²) in [5, 5.41) is 11.5. The fraction of sp³-hybridized carbons (Fsp3) is 0.273. The van der Waals surface area contributed by atoms with Crippen LogP contribution in [0.2, 0.25) is 0 Å². The molecule has 2 amide bonds. The summed E-state index contributed by atoms with van der Waals surface area (Å²) in [4.78, 5) is 22.3. The molecule has 92 valence electrons. The second-order valence-corrected chi connectivity index (χ2v) is 3.72. The van der Waals surface area contributed by atoms with E-state index in [0.717, 1.165) is 5.56 Å². The van der Waals surface area contributed by atoms with E-state index in [1.54, 1.807) is 18.2 Å². The van der Waals surface area contributed by atoms with Crippen LogP contribution in [0, 0.1) is 6.92 Å². The van der Waals surface area contributed by atoms with Gasteiger partial charge in [0, 0.05) is 5.69 Å². The van der Waals surface area contributed by atoms with Crippen molar-refractivity contribution in [2.45, 2.75) is 13.0 Å². The van der Waals surface area contributed by atoms with Crippen molar-refractivity contribution in [1.29, 1.82) is 0 Å². The van der Waals surface area contributed by atoms with Gasteiger partial charge in [0.25, 0.3) is 5.91 Å². The van der Waals surface area contributed by atoms with Crippen LogP contribution in [0.25, 0.3) is 0 Å². The number of carbonyl (C=O) groups is 2. The van der Waals surface area contributed by atoms with E-state index < -0.39 is 17.9 Å². The lowest BCUT2D eigenvalue weighted by atomic mass is 10.1. The molecule has 6 heteroatoms. The van der Waals surface area contributed by atoms with Crippen LogP contribution < -0.4 is 16.8 Å². The molecular weight excluding hydrogens is 222 g/mol. The minimum absolute atomic E-state index is 0.235. The highest BCUT2D eigenvalue weighted by molar-refractivity contribution is 5.99. The lowest BCUT2D eigenvalue weighted by Gasteiger charge is -2.10. The number of hydrogen-bond acceptors (Lipinski definition) is 4. The number of anilines is 1. The second-order valence-electron chi connectivity index (χ2n) is 3.72. The number of nitrogens with one attached hydrogen (secondary N) is 1. The maximum atomic E-state index is 11.7. The van der Waals surface area contributed by atoms with Gasteiger partial charge < -0.3 is 21.9 Å². The summed E-state index contributed by atoms with van der Waals surface area (Å²) >= 11 is 0. The minimum Gasteiger partial charge on any atom is -0.398 e. The Morgan fingerprint density at radius 3 is 2.71 bits per heavy atom. The fourth-order valence-electron chi connectivity index (χ4n) is 1.25. The zero-order valence-corrected chi connectivity index (χ0v) is 9.43. The zero-order valence-electron chi connectivity index (χ0n) is 9.43. The van der Waals surface area contributed by atoms with Crippen LogP contribution in [0.4, 0.5) is 5.69 Å². The van der Waals surface area contributed by atoms with Crippen LogP contribution in [0.1, 0.15) is 15.9 Å². The molecule has 1 rings (SSSR count). The fourth-order valence-corrected chi connectivity index (χ4v) is 1.25. The molecule has 0 aliphatic heterocycles. The van der Waals surface area contributed by atoms with Crippen molar-refractivity contribution in [3.05, 3.63) is 29.3 Å². The second kappa shape index (κ2) is 5.31. The molecule has 0 radical (unpaired) electrons. The number of primary amides is 1. The number of aliphatic hydroxyl groups excluding tert-OH is 1. The minimum atomic E-state index is -1.40. The Labute approximate surface area is 98.6 Å². The number of rotatable bonds is 4. The van der Waals surface area contributed by atoms with Gasteiger partial charge in [0.15, 0.2) is 0 Å². The Balaban J connectivity index is 2.70. The average molecular weight is 237 g/mol. The van der Waals surface area contributed by atoms with Crippen molar-refractivity contribution in [2.24, 2.45) is 5.73 Å². The first-order chi connectivity index (χ1) is 7.91. The van der Waals surface area contributed by atoms with Crippen LogP contribution in [0.15, 0.2) is 18.2 Å². The van der Waals surface area contributed by atoms with Crippen molar-refractivity contribution in [3.8, 4) is 0 Å². The molecule has 0 fully saturated rings. The largest absolute Gasteiger partial charge is 0.398 e. The molecule has 6 N–H and O–H groups in total. The van der Waals surface area contributed by atoms with E-state index in [4.69, 9.17) is 16.6 Å². The molecule has 17 heavy (non-hydrogen) atoms. The Bertz CT molecular complexity index is 446. The highest BCUT2D eigenvalue weighted by Gasteiger charge is 2.14. The number of hydrogen-bond donors (Lipinski definition) is 4. The van der Waals surface area contributed by atoms with Gasteiger partial charge >= 0.3 is 0 Å². The molecule has 0 saturated carbocycles. The molecule has 0 heterocycles. The summed E-state index contributed by atoms with van der Waals surface area (Å²) in [6.07, 6.45) is -1.40. The summed E-state index contributed by atoms with van der Waals surface area (Å²) in [7, 11) is 0. The normalized spacial score (nSPS) is 11.9. The molecule has 1 atom stereocenters. The van der Waals surface area contributed by atoms with Crippen molar-refractivity contribution in [2.75, 3.05) is 12.3 Å². The lowest BCUT2D eigenvalue weighted by Crippen LogP contribution is -2.40. The number of amides is 2. The van der Waals surface area contributed by atoms with Crippen LogP contribution in [0.3, 0.4) is 0 Å². The van der Waals surface area contributed by atoms with Crippen molar-refractivity contribution < 1.29 is 14.7 Å². The highest BCUT2D eigenvalue weighted by Crippen LogP contribution is 2.13. The monoisotopic (exact) mass is 237 g/mol. The van der Waals surface area contributed by atoms with E-state index in [1.807, 2.05) is 6.92 Å². The van der Waals surface area contributed by atoms with Gasteiger partial charge in [-0.2, -0.15) is 0 Å². The number of aryl methyl sites for hydroxylation is 1. The third-order valence-corrected chi connectivity index (χ3v) is 2.24. The molecule has 0 aromatic heterocycles. The third kappa shape index (κ3) is 3.46. The Hall–Kier alpha value is -2.08. The number of benzene rings is 1. The molecule has 1 unspecified atom stereocenters. The Kier molecular flexibility index (Phi) is 4.06. The summed E-state index contributed by atoms with van der Waals surface area (Å²) in [6.45, 7) is 1.59. The first kappa shape index (κ1) is 13.0. The number of carbonyl (C=O) groups excluding carboxylic acids is 2. The van der Waals surface area contributed by atoms with E-state index in [-0.39, 0.29) is 6.54 Å². The maximum absolute atomic E-state index is 11.7. The summed E-state index contributed by atoms with van der Waals surface area (Å²) in [5.41, 5.74) is 12.0. The van der Waals surface area contributed by atoms with Gasteiger partial charge in [0.1, 0.15) is 6.10 Å². The first-order valence-corrected chi connectivity index (χ1v) is 5.03. The van der Waals surface area contributed by atoms with Crippen molar-refractivity contribution in [3.63, 3.8) is 0 Å². The number of aliphatic hydroxyl groups is 1. The van der Waals surface area contributed by atoms with Crippen LogP contribution in [-0.4, -0.2) is 29.6 Å². The van der Waals surface area contributed by atoms with E-state index >= 15 is 0 Å². The molecule has 1 aromatic rings. The smallest absolute Gasteiger partial charge is 0.253 e. The molecule has 0 bridgehead atoms. The maximum Gasteiger partial charge on any atom is 0.253 e. The van der Waals surface area contributed by atoms with Crippen molar-refractivity contribution in [1.82, 2.24) is 5.32 Å². The average Bonchev–Trinajstić information content (AvgIpc) is 2.28. The highest BCUT2D eigenvalue weighted by atomic mass is 16.3. The van der Waals surface area contributed by atoms with Crippen LogP contribution >= 0.6 is 0 Å². The molecule has 0 spiro atoms. The standard InChI is InChI=1S/C11H15N3O3/c1-6-2-3-8(12)7(4-6)11(17)14-5-9(15)10(13)16/h2-4,9,15H,5,12H2,1H3,(H2,13,16)(H,14,17). The van der Waals surface area contributed by atoms with E-state index in [0.29, 0.717) is 11.3 Å². The zero-order chi connectivity index (χ0) is 13.0. The van der Waals surface area contributed by atoms with E-state index in [1.165, 1.54) is 0 Å². The molecular formula is C11H15N3O3. The van der Waals surface area contributed by atoms with Gasteiger partial charge in [-0.15, -0.1) is 0 Å². The summed E-state index contributed by atoms with van der Waals surface area (Å²) < 4.78 is 0. The van der Waals surface area contributed by atoms with Gasteiger partial charge in [-0.1, -0.05) is 11.6 Å². The lowest BCUT2D eigenvalue weighted by molar-refractivity contribution is -0.125. The SMILES string of the molecule is Cc1ccc(N)c(C(=O)NCC(O)C(N)=O)c1. The molecule has 0 aliphatic rings. The molecule has 1 aromatic carbocycles. The summed E-state index contributed by atoms with van der Waals surface area (Å²) in [5.74, 6) is -1.34. The van der Waals surface area contributed by atoms with Gasteiger partial charge in [-0.05, 0) is 19.1 Å². The number of nitrogens with two attached hydrogens (primary N) is 2. The molecule has 6 nitrogen and oxygen atoms in total. The predicted molar refractivity (Wildman–Crippen MR) is 63.1 cm³/mol. The Morgan fingerprint density at radius 1 is 1.47 bits per heavy atom. The van der Waals surface area contributed by atoms with E-state index in [2.05, 4.69) is 5.32 Å². The number of nitrogen functional groups attached to an aromatic ring is 1. The topological polar surface area (TPSA) is 118 Å². The molecule has 0 aliphatic carbocycles. The Morgan fingerprint density at radius 2 is 2.12 bits per heavy atom.